The summed E-state index contributed by atoms with van der Waals surface area (Å²) in [5.74, 6) is -0.296. The van der Waals surface area contributed by atoms with Crippen molar-refractivity contribution in [1.29, 1.82) is 0 Å². The molecule has 0 aromatic rings. The van der Waals surface area contributed by atoms with Crippen LogP contribution in [0.25, 0.3) is 0 Å². The Hall–Kier alpha value is -1.29. The molecule has 0 saturated heterocycles. The molecule has 0 fully saturated rings. The zero-order valence-corrected chi connectivity index (χ0v) is 13.6. The quantitative estimate of drug-likeness (QED) is 0.444. The van der Waals surface area contributed by atoms with Crippen molar-refractivity contribution in [2.45, 2.75) is 38.3 Å². The van der Waals surface area contributed by atoms with Crippen LogP contribution in [-0.4, -0.2) is 51.0 Å². The highest BCUT2D eigenvalue weighted by molar-refractivity contribution is 7.87. The van der Waals surface area contributed by atoms with E-state index in [-0.39, 0.29) is 30.9 Å². The van der Waals surface area contributed by atoms with Crippen LogP contribution >= 0.6 is 0 Å². The first-order chi connectivity index (χ1) is 9.82. The topological polar surface area (TPSA) is 72.9 Å². The molecule has 0 atom stereocenters. The maximum Gasteiger partial charge on any atom is 0.534 e. The second kappa shape index (κ2) is 7.82. The molecule has 130 valence electrons. The van der Waals surface area contributed by atoms with Gasteiger partial charge in [-0.2, -0.15) is 21.6 Å². The van der Waals surface area contributed by atoms with Gasteiger partial charge in [0.25, 0.3) is 0 Å². The maximum atomic E-state index is 11.9. The van der Waals surface area contributed by atoms with Crippen LogP contribution in [0, 0.1) is 0 Å². The van der Waals surface area contributed by atoms with Gasteiger partial charge in [0.05, 0.1) is 5.60 Å². The highest BCUT2D eigenvalue weighted by atomic mass is 32.2. The number of alkyl halides is 3. The van der Waals surface area contributed by atoms with Gasteiger partial charge in [0.15, 0.2) is 0 Å². The standard InChI is InChI=1S/C7H8F3NO4S.C5H12O/c8-7(9,10)16(13,14)15-6-1-3-11(5-12)4-2-6;1-5(2,3)6-4/h1,5H,2-4H2;1-4H3. The minimum absolute atomic E-state index is 0.0339. The largest absolute Gasteiger partial charge is 0.534 e. The van der Waals surface area contributed by atoms with Crippen LogP contribution < -0.4 is 0 Å². The minimum atomic E-state index is -5.60. The van der Waals surface area contributed by atoms with Crippen LogP contribution in [0.2, 0.25) is 0 Å². The maximum absolute atomic E-state index is 11.9. The van der Waals surface area contributed by atoms with Crippen LogP contribution in [0.3, 0.4) is 0 Å². The number of ether oxygens (including phenoxy) is 1. The summed E-state index contributed by atoms with van der Waals surface area (Å²) in [5.41, 5.74) is -5.39. The molecule has 0 saturated carbocycles. The summed E-state index contributed by atoms with van der Waals surface area (Å²) in [6.07, 6.45) is 1.58. The Morgan fingerprint density at radius 3 is 2.05 bits per heavy atom. The van der Waals surface area contributed by atoms with Crippen LogP contribution in [0.1, 0.15) is 27.2 Å². The molecule has 22 heavy (non-hydrogen) atoms. The van der Waals surface area contributed by atoms with Crippen molar-refractivity contribution in [2.24, 2.45) is 0 Å². The number of amides is 1. The summed E-state index contributed by atoms with van der Waals surface area (Å²) in [6, 6.07) is 0. The summed E-state index contributed by atoms with van der Waals surface area (Å²) in [4.78, 5) is 11.5. The lowest BCUT2D eigenvalue weighted by Gasteiger charge is -2.22. The second-order valence-electron chi connectivity index (χ2n) is 5.32. The molecule has 1 rings (SSSR count). The van der Waals surface area contributed by atoms with Crippen LogP contribution in [0.5, 0.6) is 0 Å². The molecule has 1 aliphatic rings. The summed E-state index contributed by atoms with van der Waals surface area (Å²) in [5, 5.41) is 0. The lowest BCUT2D eigenvalue weighted by Crippen LogP contribution is -2.30. The van der Waals surface area contributed by atoms with Crippen molar-refractivity contribution >= 4 is 16.5 Å². The number of carbonyl (C=O) groups is 1. The van der Waals surface area contributed by atoms with E-state index in [1.807, 2.05) is 20.8 Å². The zero-order valence-electron chi connectivity index (χ0n) is 12.8. The first kappa shape index (κ1) is 20.7. The molecule has 0 aromatic carbocycles. The van der Waals surface area contributed by atoms with E-state index >= 15 is 0 Å². The Morgan fingerprint density at radius 1 is 1.27 bits per heavy atom. The van der Waals surface area contributed by atoms with Gasteiger partial charge in [0.2, 0.25) is 6.41 Å². The Balaban J connectivity index is 0.000000626. The Labute approximate surface area is 128 Å². The van der Waals surface area contributed by atoms with Crippen LogP contribution in [-0.2, 0) is 23.8 Å². The molecule has 10 heteroatoms. The first-order valence-corrected chi connectivity index (χ1v) is 7.67. The number of hydrogen-bond donors (Lipinski definition) is 0. The first-order valence-electron chi connectivity index (χ1n) is 6.26. The molecule has 0 unspecified atom stereocenters. The fourth-order valence-electron chi connectivity index (χ4n) is 1.03. The fourth-order valence-corrected chi connectivity index (χ4v) is 1.55. The average molecular weight is 347 g/mol. The van der Waals surface area contributed by atoms with E-state index in [1.165, 1.54) is 4.90 Å². The lowest BCUT2D eigenvalue weighted by atomic mass is 10.2. The predicted molar refractivity (Wildman–Crippen MR) is 73.2 cm³/mol. The number of nitrogens with zero attached hydrogens (tertiary/aromatic N) is 1. The van der Waals surface area contributed by atoms with E-state index in [9.17, 15) is 26.4 Å². The lowest BCUT2D eigenvalue weighted by molar-refractivity contribution is -0.118. The predicted octanol–water partition coefficient (Wildman–Crippen LogP) is 2.03. The highest BCUT2D eigenvalue weighted by Gasteiger charge is 2.48. The second-order valence-corrected chi connectivity index (χ2v) is 6.86. The molecule has 0 N–H and O–H groups in total. The molecule has 1 amide bonds. The van der Waals surface area contributed by atoms with Crippen molar-refractivity contribution in [3.05, 3.63) is 11.8 Å². The van der Waals surface area contributed by atoms with Crippen molar-refractivity contribution in [3.63, 3.8) is 0 Å². The molecule has 0 radical (unpaired) electrons. The molecule has 6 nitrogen and oxygen atoms in total. The van der Waals surface area contributed by atoms with Gasteiger partial charge < -0.3 is 13.8 Å². The van der Waals surface area contributed by atoms with Gasteiger partial charge in [-0.1, -0.05) is 0 Å². The van der Waals surface area contributed by atoms with Crippen molar-refractivity contribution in [2.75, 3.05) is 20.2 Å². The van der Waals surface area contributed by atoms with Gasteiger partial charge in [-0.3, -0.25) is 4.79 Å². The highest BCUT2D eigenvalue weighted by Crippen LogP contribution is 2.27. The number of methoxy groups -OCH3 is 1. The fraction of sp³-hybridized carbons (Fsp3) is 0.750. The monoisotopic (exact) mass is 347 g/mol. The van der Waals surface area contributed by atoms with Gasteiger partial charge in [-0.05, 0) is 26.8 Å². The third-order valence-electron chi connectivity index (χ3n) is 2.46. The minimum Gasteiger partial charge on any atom is -0.381 e. The molecule has 0 spiro atoms. The molecular formula is C12H20F3NO5S. The third kappa shape index (κ3) is 7.64. The van der Waals surface area contributed by atoms with Crippen LogP contribution in [0.4, 0.5) is 13.2 Å². The van der Waals surface area contributed by atoms with Crippen molar-refractivity contribution in [3.8, 4) is 0 Å². The summed E-state index contributed by atoms with van der Waals surface area (Å²) in [6.45, 7) is 6.22. The molecule has 0 aromatic heterocycles. The Morgan fingerprint density at radius 2 is 1.77 bits per heavy atom. The third-order valence-corrected chi connectivity index (χ3v) is 3.46. The average Bonchev–Trinajstić information content (AvgIpc) is 2.38. The zero-order chi connectivity index (χ0) is 17.6. The van der Waals surface area contributed by atoms with E-state index in [0.717, 1.165) is 6.08 Å². The van der Waals surface area contributed by atoms with Gasteiger partial charge in [0, 0.05) is 26.6 Å². The Bertz CT molecular complexity index is 494. The van der Waals surface area contributed by atoms with Gasteiger partial charge >= 0.3 is 15.6 Å². The van der Waals surface area contributed by atoms with Crippen molar-refractivity contribution < 1.29 is 35.3 Å². The van der Waals surface area contributed by atoms with Gasteiger partial charge in [-0.25, -0.2) is 0 Å². The number of rotatable bonds is 3. The smallest absolute Gasteiger partial charge is 0.381 e. The van der Waals surface area contributed by atoms with Crippen LogP contribution in [0.15, 0.2) is 11.8 Å². The molecule has 0 aliphatic carbocycles. The van der Waals surface area contributed by atoms with E-state index in [2.05, 4.69) is 4.18 Å². The van der Waals surface area contributed by atoms with E-state index in [1.54, 1.807) is 7.11 Å². The van der Waals surface area contributed by atoms with E-state index in [0.29, 0.717) is 6.41 Å². The summed E-state index contributed by atoms with van der Waals surface area (Å²) < 4.78 is 65.8. The number of hydrogen-bond acceptors (Lipinski definition) is 5. The van der Waals surface area contributed by atoms with E-state index in [4.69, 9.17) is 4.74 Å². The molecule has 0 bridgehead atoms. The summed E-state index contributed by atoms with van der Waals surface area (Å²) in [7, 11) is -3.89. The Kier molecular flexibility index (Phi) is 7.36. The SMILES string of the molecule is COC(C)(C)C.O=CN1CC=C(OS(=O)(=O)C(F)(F)F)CC1. The van der Waals surface area contributed by atoms with Crippen molar-refractivity contribution in [1.82, 2.24) is 4.90 Å². The molecule has 1 aliphatic heterocycles. The van der Waals surface area contributed by atoms with E-state index < -0.39 is 15.6 Å². The number of carbonyl (C=O) groups excluding carboxylic acids is 1. The normalized spacial score (nSPS) is 16.3. The number of halogens is 3. The molecule has 1 heterocycles. The molecular weight excluding hydrogens is 327 g/mol. The van der Waals surface area contributed by atoms with Gasteiger partial charge in [-0.15, -0.1) is 0 Å². The van der Waals surface area contributed by atoms with Gasteiger partial charge in [0.1, 0.15) is 5.76 Å². The summed E-state index contributed by atoms with van der Waals surface area (Å²) >= 11 is 0.